The summed E-state index contributed by atoms with van der Waals surface area (Å²) in [7, 11) is 0. The van der Waals surface area contributed by atoms with Gasteiger partial charge in [0.25, 0.3) is 5.56 Å². The Morgan fingerprint density at radius 1 is 1.41 bits per heavy atom. The fraction of sp³-hybridized carbons (Fsp3) is 0.0909. The zero-order valence-electron chi connectivity index (χ0n) is 8.73. The summed E-state index contributed by atoms with van der Waals surface area (Å²) in [6.07, 6.45) is 2.91. The molecule has 1 aromatic carbocycles. The van der Waals surface area contributed by atoms with E-state index in [-0.39, 0.29) is 12.1 Å². The van der Waals surface area contributed by atoms with Crippen molar-refractivity contribution in [2.45, 2.75) is 6.54 Å². The quantitative estimate of drug-likeness (QED) is 0.665. The van der Waals surface area contributed by atoms with Gasteiger partial charge in [-0.15, -0.1) is 0 Å². The number of benzene rings is 1. The molecule has 0 spiro atoms. The zero-order valence-corrected chi connectivity index (χ0v) is 10.9. The highest BCUT2D eigenvalue weighted by Gasteiger charge is 2.03. The third kappa shape index (κ3) is 2.82. The van der Waals surface area contributed by atoms with Crippen molar-refractivity contribution in [2.75, 3.05) is 5.73 Å². The first kappa shape index (κ1) is 12.0. The Morgan fingerprint density at radius 3 is 2.88 bits per heavy atom. The van der Waals surface area contributed by atoms with Gasteiger partial charge in [-0.3, -0.25) is 9.36 Å². The molecule has 88 valence electrons. The van der Waals surface area contributed by atoms with E-state index in [4.69, 9.17) is 5.73 Å². The normalized spacial score (nSPS) is 10.5. The summed E-state index contributed by atoms with van der Waals surface area (Å²) in [5.74, 6) is -0.411. The highest BCUT2D eigenvalue weighted by molar-refractivity contribution is 14.1. The predicted molar refractivity (Wildman–Crippen MR) is 71.1 cm³/mol. The van der Waals surface area contributed by atoms with E-state index in [1.54, 1.807) is 6.07 Å². The van der Waals surface area contributed by atoms with Gasteiger partial charge in [0.2, 0.25) is 0 Å². The second-order valence-electron chi connectivity index (χ2n) is 3.57. The summed E-state index contributed by atoms with van der Waals surface area (Å²) in [6.45, 7) is 0.255. The smallest absolute Gasteiger partial charge is 0.267 e. The van der Waals surface area contributed by atoms with Gasteiger partial charge in [-0.1, -0.05) is 0 Å². The molecule has 2 aromatic rings. The molecule has 0 radical (unpaired) electrons. The third-order valence-electron chi connectivity index (χ3n) is 2.19. The topological polar surface area (TPSA) is 60.9 Å². The molecule has 0 fully saturated rings. The molecule has 0 aliphatic heterocycles. The van der Waals surface area contributed by atoms with Gasteiger partial charge in [0.15, 0.2) is 0 Å². The maximum absolute atomic E-state index is 13.1. The minimum atomic E-state index is -0.411. The van der Waals surface area contributed by atoms with Gasteiger partial charge in [-0.2, -0.15) is 0 Å². The lowest BCUT2D eigenvalue weighted by Crippen LogP contribution is -2.23. The molecule has 0 aliphatic carbocycles. The van der Waals surface area contributed by atoms with Crippen molar-refractivity contribution in [3.05, 3.63) is 56.0 Å². The second kappa shape index (κ2) is 4.82. The Balaban J connectivity index is 2.38. The van der Waals surface area contributed by atoms with Crippen LogP contribution in [0.1, 0.15) is 5.56 Å². The largest absolute Gasteiger partial charge is 0.399 e. The van der Waals surface area contributed by atoms with E-state index in [1.165, 1.54) is 29.2 Å². The number of nitrogens with zero attached hydrogens (tertiary/aromatic N) is 2. The van der Waals surface area contributed by atoms with Crippen LogP contribution in [0.2, 0.25) is 0 Å². The Morgan fingerprint density at radius 2 is 2.18 bits per heavy atom. The zero-order chi connectivity index (χ0) is 12.4. The Hall–Kier alpha value is -1.44. The Bertz CT molecular complexity index is 592. The fourth-order valence-electron chi connectivity index (χ4n) is 1.50. The third-order valence-corrected chi connectivity index (χ3v) is 2.93. The molecule has 1 heterocycles. The van der Waals surface area contributed by atoms with Crippen LogP contribution >= 0.6 is 22.6 Å². The first-order chi connectivity index (χ1) is 8.06. The maximum atomic E-state index is 13.1. The highest BCUT2D eigenvalue weighted by atomic mass is 127. The number of nitrogens with two attached hydrogens (primary N) is 1. The monoisotopic (exact) mass is 345 g/mol. The Kier molecular flexibility index (Phi) is 3.41. The van der Waals surface area contributed by atoms with E-state index in [2.05, 4.69) is 4.98 Å². The van der Waals surface area contributed by atoms with Crippen molar-refractivity contribution < 1.29 is 4.39 Å². The second-order valence-corrected chi connectivity index (χ2v) is 4.73. The van der Waals surface area contributed by atoms with E-state index in [0.717, 1.165) is 0 Å². The highest BCUT2D eigenvalue weighted by Crippen LogP contribution is 2.11. The standard InChI is InChI=1S/C11H9FIN3O/c12-8-1-7(2-9(14)3-8)5-16-6-15-4-10(13)11(16)17/h1-4,6H,5,14H2. The van der Waals surface area contributed by atoms with Crippen molar-refractivity contribution in [2.24, 2.45) is 0 Å². The molecule has 0 saturated heterocycles. The van der Waals surface area contributed by atoms with Crippen LogP contribution in [0.5, 0.6) is 0 Å². The van der Waals surface area contributed by atoms with E-state index in [0.29, 0.717) is 14.8 Å². The van der Waals surface area contributed by atoms with Crippen LogP contribution < -0.4 is 11.3 Å². The van der Waals surface area contributed by atoms with Crippen molar-refractivity contribution in [1.82, 2.24) is 9.55 Å². The molecule has 0 bridgehead atoms. The lowest BCUT2D eigenvalue weighted by Gasteiger charge is -2.06. The van der Waals surface area contributed by atoms with Crippen LogP contribution in [-0.4, -0.2) is 9.55 Å². The lowest BCUT2D eigenvalue weighted by molar-refractivity contribution is 0.623. The molecule has 2 N–H and O–H groups in total. The number of rotatable bonds is 2. The van der Waals surface area contributed by atoms with E-state index in [1.807, 2.05) is 22.6 Å². The molecule has 1 aromatic heterocycles. The first-order valence-corrected chi connectivity index (χ1v) is 5.89. The summed E-state index contributed by atoms with van der Waals surface area (Å²) in [6, 6.07) is 4.22. The lowest BCUT2D eigenvalue weighted by atomic mass is 10.2. The molecular weight excluding hydrogens is 336 g/mol. The van der Waals surface area contributed by atoms with Gasteiger partial charge in [0.05, 0.1) is 16.4 Å². The van der Waals surface area contributed by atoms with E-state index < -0.39 is 5.82 Å². The number of aromatic nitrogens is 2. The van der Waals surface area contributed by atoms with Crippen molar-refractivity contribution in [3.63, 3.8) is 0 Å². The summed E-state index contributed by atoms with van der Waals surface area (Å²) in [4.78, 5) is 15.6. The molecule has 0 atom stereocenters. The van der Waals surface area contributed by atoms with Crippen molar-refractivity contribution >= 4 is 28.3 Å². The molecule has 6 heteroatoms. The number of hydrogen-bond donors (Lipinski definition) is 1. The number of halogens is 2. The molecule has 0 saturated carbocycles. The van der Waals surface area contributed by atoms with Gasteiger partial charge in [0, 0.05) is 11.9 Å². The van der Waals surface area contributed by atoms with Crippen LogP contribution in [0, 0.1) is 9.39 Å². The van der Waals surface area contributed by atoms with Crippen molar-refractivity contribution in [3.8, 4) is 0 Å². The van der Waals surface area contributed by atoms with Gasteiger partial charge in [-0.25, -0.2) is 9.37 Å². The van der Waals surface area contributed by atoms with Crippen LogP contribution in [0.25, 0.3) is 0 Å². The summed E-state index contributed by atoms with van der Waals surface area (Å²) < 4.78 is 15.1. The van der Waals surface area contributed by atoms with E-state index >= 15 is 0 Å². The Labute approximate surface area is 110 Å². The number of nitrogen functional groups attached to an aromatic ring is 1. The molecule has 0 unspecified atom stereocenters. The molecule has 17 heavy (non-hydrogen) atoms. The number of hydrogen-bond acceptors (Lipinski definition) is 3. The van der Waals surface area contributed by atoms with Gasteiger partial charge < -0.3 is 5.73 Å². The summed E-state index contributed by atoms with van der Waals surface area (Å²) >= 11 is 1.91. The van der Waals surface area contributed by atoms with Gasteiger partial charge >= 0.3 is 0 Å². The summed E-state index contributed by atoms with van der Waals surface area (Å²) in [5, 5.41) is 0. The van der Waals surface area contributed by atoms with Gasteiger partial charge in [0.1, 0.15) is 5.82 Å². The van der Waals surface area contributed by atoms with Crippen molar-refractivity contribution in [1.29, 1.82) is 0 Å². The maximum Gasteiger partial charge on any atom is 0.267 e. The number of anilines is 1. The van der Waals surface area contributed by atoms with Crippen LogP contribution in [0.4, 0.5) is 10.1 Å². The molecule has 0 aliphatic rings. The minimum Gasteiger partial charge on any atom is -0.399 e. The minimum absolute atomic E-state index is 0.150. The SMILES string of the molecule is Nc1cc(F)cc(Cn2cncc(I)c2=O)c1. The van der Waals surface area contributed by atoms with Crippen LogP contribution in [0.15, 0.2) is 35.5 Å². The molecule has 0 amide bonds. The average Bonchev–Trinajstić information content (AvgIpc) is 2.23. The van der Waals surface area contributed by atoms with Crippen LogP contribution in [0.3, 0.4) is 0 Å². The first-order valence-electron chi connectivity index (χ1n) is 4.81. The summed E-state index contributed by atoms with van der Waals surface area (Å²) in [5.41, 5.74) is 6.36. The van der Waals surface area contributed by atoms with Crippen LogP contribution in [-0.2, 0) is 6.54 Å². The average molecular weight is 345 g/mol. The molecule has 4 nitrogen and oxygen atoms in total. The fourth-order valence-corrected chi connectivity index (χ4v) is 1.97. The molecule has 2 rings (SSSR count). The van der Waals surface area contributed by atoms with Gasteiger partial charge in [-0.05, 0) is 46.4 Å². The van der Waals surface area contributed by atoms with E-state index in [9.17, 15) is 9.18 Å². The molecular formula is C11H9FIN3O. The predicted octanol–water partition coefficient (Wildman–Crippen LogP) is 1.62.